The molecule has 2 heteroatoms. The predicted molar refractivity (Wildman–Crippen MR) is 46.6 cm³/mol. The quantitative estimate of drug-likeness (QED) is 0.629. The maximum atomic E-state index is 3.53. The molecule has 0 aromatic carbocycles. The molecule has 0 amide bonds. The van der Waals surface area contributed by atoms with Crippen LogP contribution < -0.4 is 5.32 Å². The molecule has 64 valence electrons. The van der Waals surface area contributed by atoms with Gasteiger partial charge in [0.1, 0.15) is 0 Å². The Morgan fingerprint density at radius 1 is 1.45 bits per heavy atom. The summed E-state index contributed by atoms with van der Waals surface area (Å²) >= 11 is 0. The molecule has 0 radical (unpaired) electrons. The van der Waals surface area contributed by atoms with Gasteiger partial charge in [-0.15, -0.1) is 0 Å². The summed E-state index contributed by atoms with van der Waals surface area (Å²) in [6, 6.07) is 0.808. The topological polar surface area (TPSA) is 15.3 Å². The van der Waals surface area contributed by atoms with Crippen molar-refractivity contribution < 1.29 is 0 Å². The van der Waals surface area contributed by atoms with Gasteiger partial charge in [-0.1, -0.05) is 6.92 Å². The Balaban J connectivity index is 1.66. The van der Waals surface area contributed by atoms with Crippen molar-refractivity contribution in [1.29, 1.82) is 0 Å². The van der Waals surface area contributed by atoms with Gasteiger partial charge < -0.3 is 10.2 Å². The van der Waals surface area contributed by atoms with Crippen LogP contribution >= 0.6 is 0 Å². The highest BCUT2D eigenvalue weighted by Crippen LogP contribution is 2.16. The minimum absolute atomic E-state index is 0.808. The van der Waals surface area contributed by atoms with E-state index in [0.717, 1.165) is 12.0 Å². The van der Waals surface area contributed by atoms with E-state index in [4.69, 9.17) is 0 Å². The molecule has 0 saturated carbocycles. The van der Waals surface area contributed by atoms with Gasteiger partial charge in [-0.2, -0.15) is 0 Å². The first-order valence-corrected chi connectivity index (χ1v) is 4.80. The van der Waals surface area contributed by atoms with E-state index in [1.54, 1.807) is 0 Å². The SMILES string of the molecule is CC1CN(CC2CCCN2)C1. The standard InChI is InChI=1S/C9H18N2/c1-8-5-11(6-8)7-9-3-2-4-10-9/h8-10H,2-7H2,1H3. The second kappa shape index (κ2) is 3.11. The van der Waals surface area contributed by atoms with Crippen LogP contribution in [0.1, 0.15) is 19.8 Å². The Bertz CT molecular complexity index is 124. The lowest BCUT2D eigenvalue weighted by Crippen LogP contribution is -2.50. The minimum atomic E-state index is 0.808. The highest BCUT2D eigenvalue weighted by atomic mass is 15.2. The monoisotopic (exact) mass is 154 g/mol. The smallest absolute Gasteiger partial charge is 0.0195 e. The maximum Gasteiger partial charge on any atom is 0.0195 e. The first-order valence-electron chi connectivity index (χ1n) is 4.80. The van der Waals surface area contributed by atoms with Gasteiger partial charge >= 0.3 is 0 Å². The fraction of sp³-hybridized carbons (Fsp3) is 1.00. The lowest BCUT2D eigenvalue weighted by atomic mass is 10.0. The fourth-order valence-electron chi connectivity index (χ4n) is 2.20. The average Bonchev–Trinajstić information content (AvgIpc) is 2.36. The van der Waals surface area contributed by atoms with Crippen LogP contribution in [0.15, 0.2) is 0 Å². The summed E-state index contributed by atoms with van der Waals surface area (Å²) in [5.74, 6) is 0.955. The van der Waals surface area contributed by atoms with Crippen molar-refractivity contribution in [3.05, 3.63) is 0 Å². The van der Waals surface area contributed by atoms with Crippen molar-refractivity contribution in [2.45, 2.75) is 25.8 Å². The minimum Gasteiger partial charge on any atom is -0.313 e. The molecule has 0 aromatic rings. The molecule has 2 aliphatic heterocycles. The lowest BCUT2D eigenvalue weighted by Gasteiger charge is -2.38. The highest BCUT2D eigenvalue weighted by molar-refractivity contribution is 4.83. The third-order valence-electron chi connectivity index (χ3n) is 2.78. The molecule has 0 bridgehead atoms. The third-order valence-corrected chi connectivity index (χ3v) is 2.78. The summed E-state index contributed by atoms with van der Waals surface area (Å²) < 4.78 is 0. The van der Waals surface area contributed by atoms with E-state index in [0.29, 0.717) is 0 Å². The summed E-state index contributed by atoms with van der Waals surface area (Å²) in [5.41, 5.74) is 0. The van der Waals surface area contributed by atoms with Gasteiger partial charge in [0.15, 0.2) is 0 Å². The highest BCUT2D eigenvalue weighted by Gasteiger charge is 2.25. The van der Waals surface area contributed by atoms with E-state index in [1.165, 1.54) is 39.0 Å². The van der Waals surface area contributed by atoms with Crippen LogP contribution in [0.25, 0.3) is 0 Å². The van der Waals surface area contributed by atoms with Crippen molar-refractivity contribution in [1.82, 2.24) is 10.2 Å². The van der Waals surface area contributed by atoms with Gasteiger partial charge in [-0.3, -0.25) is 0 Å². The van der Waals surface area contributed by atoms with Gasteiger partial charge in [0.05, 0.1) is 0 Å². The van der Waals surface area contributed by atoms with Gasteiger partial charge in [0, 0.05) is 25.7 Å². The maximum absolute atomic E-state index is 3.53. The molecular weight excluding hydrogens is 136 g/mol. The van der Waals surface area contributed by atoms with Crippen molar-refractivity contribution in [3.63, 3.8) is 0 Å². The number of hydrogen-bond acceptors (Lipinski definition) is 2. The van der Waals surface area contributed by atoms with Crippen molar-refractivity contribution in [3.8, 4) is 0 Å². The van der Waals surface area contributed by atoms with E-state index >= 15 is 0 Å². The summed E-state index contributed by atoms with van der Waals surface area (Å²) in [6.07, 6.45) is 2.78. The zero-order valence-corrected chi connectivity index (χ0v) is 7.34. The Labute approximate surface area is 69.0 Å². The number of rotatable bonds is 2. The second-order valence-electron chi connectivity index (χ2n) is 4.12. The zero-order chi connectivity index (χ0) is 7.68. The summed E-state index contributed by atoms with van der Waals surface area (Å²) in [5, 5.41) is 3.53. The van der Waals surface area contributed by atoms with E-state index in [-0.39, 0.29) is 0 Å². The first-order chi connectivity index (χ1) is 5.34. The molecule has 2 nitrogen and oxygen atoms in total. The molecule has 1 unspecified atom stereocenters. The molecule has 2 rings (SSSR count). The Morgan fingerprint density at radius 2 is 2.27 bits per heavy atom. The molecule has 2 aliphatic rings. The summed E-state index contributed by atoms with van der Waals surface area (Å²) in [6.45, 7) is 7.54. The fourth-order valence-corrected chi connectivity index (χ4v) is 2.20. The Hall–Kier alpha value is -0.0800. The van der Waals surface area contributed by atoms with Gasteiger partial charge in [-0.25, -0.2) is 0 Å². The van der Waals surface area contributed by atoms with E-state index in [9.17, 15) is 0 Å². The van der Waals surface area contributed by atoms with Crippen molar-refractivity contribution >= 4 is 0 Å². The van der Waals surface area contributed by atoms with Crippen LogP contribution in [-0.2, 0) is 0 Å². The van der Waals surface area contributed by atoms with Crippen LogP contribution in [0, 0.1) is 5.92 Å². The van der Waals surface area contributed by atoms with E-state index in [1.807, 2.05) is 0 Å². The van der Waals surface area contributed by atoms with Crippen LogP contribution in [0.4, 0.5) is 0 Å². The molecule has 0 aromatic heterocycles. The molecule has 0 aliphatic carbocycles. The number of nitrogens with one attached hydrogen (secondary N) is 1. The molecule has 2 heterocycles. The normalized spacial score (nSPS) is 34.1. The van der Waals surface area contributed by atoms with Crippen LogP contribution in [0.3, 0.4) is 0 Å². The zero-order valence-electron chi connectivity index (χ0n) is 7.34. The van der Waals surface area contributed by atoms with Gasteiger partial charge in [0.25, 0.3) is 0 Å². The number of hydrogen-bond donors (Lipinski definition) is 1. The molecule has 2 saturated heterocycles. The molecular formula is C9H18N2. The molecule has 2 fully saturated rings. The van der Waals surface area contributed by atoms with E-state index < -0.39 is 0 Å². The number of likely N-dealkylation sites (tertiary alicyclic amines) is 1. The number of nitrogens with zero attached hydrogens (tertiary/aromatic N) is 1. The molecule has 0 spiro atoms. The summed E-state index contributed by atoms with van der Waals surface area (Å²) in [4.78, 5) is 2.56. The van der Waals surface area contributed by atoms with Crippen molar-refractivity contribution in [2.75, 3.05) is 26.2 Å². The largest absolute Gasteiger partial charge is 0.313 e. The first kappa shape index (κ1) is 7.56. The van der Waals surface area contributed by atoms with Crippen LogP contribution in [-0.4, -0.2) is 37.1 Å². The molecule has 11 heavy (non-hydrogen) atoms. The predicted octanol–water partition coefficient (Wildman–Crippen LogP) is 0.690. The summed E-state index contributed by atoms with van der Waals surface area (Å²) in [7, 11) is 0. The Kier molecular flexibility index (Phi) is 2.14. The molecule has 1 atom stereocenters. The second-order valence-corrected chi connectivity index (χ2v) is 4.12. The van der Waals surface area contributed by atoms with Gasteiger partial charge in [0.2, 0.25) is 0 Å². The third kappa shape index (κ3) is 1.74. The lowest BCUT2D eigenvalue weighted by molar-refractivity contribution is 0.103. The van der Waals surface area contributed by atoms with Crippen LogP contribution in [0.2, 0.25) is 0 Å². The Morgan fingerprint density at radius 3 is 2.82 bits per heavy atom. The van der Waals surface area contributed by atoms with Crippen molar-refractivity contribution in [2.24, 2.45) is 5.92 Å². The van der Waals surface area contributed by atoms with Gasteiger partial charge in [-0.05, 0) is 25.3 Å². The average molecular weight is 154 g/mol. The molecule has 1 N–H and O–H groups in total. The van der Waals surface area contributed by atoms with E-state index in [2.05, 4.69) is 17.1 Å². The van der Waals surface area contributed by atoms with Crippen LogP contribution in [0.5, 0.6) is 0 Å².